The van der Waals surface area contributed by atoms with Crippen molar-refractivity contribution in [3.05, 3.63) is 29.8 Å². The molecule has 0 aliphatic heterocycles. The minimum absolute atomic E-state index is 0.165. The van der Waals surface area contributed by atoms with Crippen molar-refractivity contribution in [2.45, 2.75) is 12.8 Å². The van der Waals surface area contributed by atoms with Crippen molar-refractivity contribution in [3.63, 3.8) is 0 Å². The predicted octanol–water partition coefficient (Wildman–Crippen LogP) is 2.39. The Balaban J connectivity index is 2.55. The lowest BCUT2D eigenvalue weighted by Gasteiger charge is -2.09. The van der Waals surface area contributed by atoms with E-state index in [2.05, 4.69) is 15.9 Å². The molecule has 1 aromatic carbocycles. The van der Waals surface area contributed by atoms with E-state index in [4.69, 9.17) is 9.84 Å². The number of aliphatic hydroxyl groups is 1. The van der Waals surface area contributed by atoms with Crippen LogP contribution in [0, 0.1) is 0 Å². The molecule has 0 fully saturated rings. The van der Waals surface area contributed by atoms with Crippen LogP contribution >= 0.6 is 15.9 Å². The molecule has 0 aliphatic carbocycles. The average molecular weight is 259 g/mol. The summed E-state index contributed by atoms with van der Waals surface area (Å²) in [5.74, 6) is 0.891. The van der Waals surface area contributed by atoms with Crippen LogP contribution in [0.5, 0.6) is 5.75 Å². The third kappa shape index (κ3) is 3.68. The standard InChI is InChI=1S/C11H15BrO2/c12-7-3-9-14-11-5-2-1-4-10(11)6-8-13/h1-2,4-5,13H,3,6-9H2. The fourth-order valence-corrected chi connectivity index (χ4v) is 1.44. The van der Waals surface area contributed by atoms with Crippen LogP contribution in [0.4, 0.5) is 0 Å². The first-order chi connectivity index (χ1) is 6.88. The molecule has 0 bridgehead atoms. The fourth-order valence-electron chi connectivity index (χ4n) is 1.21. The van der Waals surface area contributed by atoms with E-state index in [1.807, 2.05) is 24.3 Å². The normalized spacial score (nSPS) is 10.1. The topological polar surface area (TPSA) is 29.5 Å². The molecule has 0 aliphatic rings. The van der Waals surface area contributed by atoms with Gasteiger partial charge in [0.25, 0.3) is 0 Å². The molecule has 0 aromatic heterocycles. The van der Waals surface area contributed by atoms with E-state index in [0.717, 1.165) is 23.1 Å². The van der Waals surface area contributed by atoms with E-state index in [9.17, 15) is 0 Å². The number of aliphatic hydroxyl groups excluding tert-OH is 1. The predicted molar refractivity (Wildman–Crippen MR) is 61.1 cm³/mol. The van der Waals surface area contributed by atoms with E-state index in [1.165, 1.54) is 0 Å². The Labute approximate surface area is 93.0 Å². The van der Waals surface area contributed by atoms with Crippen molar-refractivity contribution < 1.29 is 9.84 Å². The van der Waals surface area contributed by atoms with Crippen LogP contribution in [0.15, 0.2) is 24.3 Å². The van der Waals surface area contributed by atoms with Gasteiger partial charge >= 0.3 is 0 Å². The summed E-state index contributed by atoms with van der Waals surface area (Å²) in [7, 11) is 0. The molecule has 1 aromatic rings. The van der Waals surface area contributed by atoms with Gasteiger partial charge in [-0.3, -0.25) is 0 Å². The molecule has 14 heavy (non-hydrogen) atoms. The van der Waals surface area contributed by atoms with Gasteiger partial charge in [0.2, 0.25) is 0 Å². The lowest BCUT2D eigenvalue weighted by atomic mass is 10.1. The second kappa shape index (κ2) is 6.85. The first-order valence-corrected chi connectivity index (χ1v) is 5.88. The van der Waals surface area contributed by atoms with Crippen LogP contribution in [0.1, 0.15) is 12.0 Å². The number of ether oxygens (including phenoxy) is 1. The van der Waals surface area contributed by atoms with Gasteiger partial charge in [0.15, 0.2) is 0 Å². The minimum atomic E-state index is 0.165. The molecular weight excluding hydrogens is 244 g/mol. The van der Waals surface area contributed by atoms with Gasteiger partial charge in [-0.15, -0.1) is 0 Å². The number of hydrogen-bond donors (Lipinski definition) is 1. The van der Waals surface area contributed by atoms with Gasteiger partial charge in [-0.1, -0.05) is 34.1 Å². The molecule has 0 saturated heterocycles. The lowest BCUT2D eigenvalue weighted by molar-refractivity contribution is 0.288. The molecule has 0 atom stereocenters. The van der Waals surface area contributed by atoms with Gasteiger partial charge in [0.05, 0.1) is 6.61 Å². The smallest absolute Gasteiger partial charge is 0.122 e. The third-order valence-electron chi connectivity index (χ3n) is 1.89. The zero-order valence-corrected chi connectivity index (χ0v) is 9.66. The van der Waals surface area contributed by atoms with Crippen molar-refractivity contribution >= 4 is 15.9 Å². The highest BCUT2D eigenvalue weighted by atomic mass is 79.9. The van der Waals surface area contributed by atoms with Crippen molar-refractivity contribution in [1.82, 2.24) is 0 Å². The molecule has 2 nitrogen and oxygen atoms in total. The van der Waals surface area contributed by atoms with Crippen LogP contribution in [-0.4, -0.2) is 23.7 Å². The van der Waals surface area contributed by atoms with Gasteiger partial charge in [0.1, 0.15) is 5.75 Å². The van der Waals surface area contributed by atoms with Gasteiger partial charge < -0.3 is 9.84 Å². The number of halogens is 1. The first-order valence-electron chi connectivity index (χ1n) is 4.76. The maximum absolute atomic E-state index is 8.85. The second-order valence-corrected chi connectivity index (χ2v) is 3.77. The monoisotopic (exact) mass is 258 g/mol. The van der Waals surface area contributed by atoms with Gasteiger partial charge in [-0.2, -0.15) is 0 Å². The highest BCUT2D eigenvalue weighted by molar-refractivity contribution is 9.09. The zero-order chi connectivity index (χ0) is 10.2. The van der Waals surface area contributed by atoms with Gasteiger partial charge in [-0.25, -0.2) is 0 Å². The molecule has 1 N–H and O–H groups in total. The Bertz CT molecular complexity index is 263. The van der Waals surface area contributed by atoms with Gasteiger partial charge in [-0.05, 0) is 24.5 Å². The van der Waals surface area contributed by atoms with Gasteiger partial charge in [0, 0.05) is 11.9 Å². The maximum Gasteiger partial charge on any atom is 0.122 e. The molecule has 1 rings (SSSR count). The largest absolute Gasteiger partial charge is 0.493 e. The Kier molecular flexibility index (Phi) is 5.64. The molecule has 0 saturated carbocycles. The SMILES string of the molecule is OCCc1ccccc1OCCCBr. The molecule has 0 heterocycles. The number of benzene rings is 1. The zero-order valence-electron chi connectivity index (χ0n) is 8.08. The van der Waals surface area contributed by atoms with Crippen molar-refractivity contribution in [2.24, 2.45) is 0 Å². The number of alkyl halides is 1. The molecule has 0 unspecified atom stereocenters. The Hall–Kier alpha value is -0.540. The fraction of sp³-hybridized carbons (Fsp3) is 0.455. The summed E-state index contributed by atoms with van der Waals surface area (Å²) in [5.41, 5.74) is 1.07. The van der Waals surface area contributed by atoms with Crippen LogP contribution in [0.2, 0.25) is 0 Å². The number of hydrogen-bond acceptors (Lipinski definition) is 2. The highest BCUT2D eigenvalue weighted by Crippen LogP contribution is 2.18. The third-order valence-corrected chi connectivity index (χ3v) is 2.45. The summed E-state index contributed by atoms with van der Waals surface area (Å²) in [4.78, 5) is 0. The molecule has 0 radical (unpaired) electrons. The molecule has 0 spiro atoms. The van der Waals surface area contributed by atoms with E-state index in [1.54, 1.807) is 0 Å². The summed E-state index contributed by atoms with van der Waals surface area (Å²) in [6.07, 6.45) is 1.65. The number of para-hydroxylation sites is 1. The average Bonchev–Trinajstić information content (AvgIpc) is 2.21. The first kappa shape index (κ1) is 11.5. The van der Waals surface area contributed by atoms with E-state index in [-0.39, 0.29) is 6.61 Å². The van der Waals surface area contributed by atoms with Crippen molar-refractivity contribution in [2.75, 3.05) is 18.5 Å². The van der Waals surface area contributed by atoms with Crippen LogP contribution in [-0.2, 0) is 6.42 Å². The summed E-state index contributed by atoms with van der Waals surface area (Å²) >= 11 is 3.35. The Morgan fingerprint density at radius 1 is 1.29 bits per heavy atom. The Morgan fingerprint density at radius 2 is 2.07 bits per heavy atom. The van der Waals surface area contributed by atoms with E-state index in [0.29, 0.717) is 13.0 Å². The second-order valence-electron chi connectivity index (χ2n) is 2.97. The van der Waals surface area contributed by atoms with E-state index >= 15 is 0 Å². The summed E-state index contributed by atoms with van der Waals surface area (Å²) in [5, 5.41) is 9.81. The molecule has 0 amide bonds. The minimum Gasteiger partial charge on any atom is -0.493 e. The molecule has 3 heteroatoms. The van der Waals surface area contributed by atoms with Crippen LogP contribution < -0.4 is 4.74 Å². The molecular formula is C11H15BrO2. The van der Waals surface area contributed by atoms with E-state index < -0.39 is 0 Å². The summed E-state index contributed by atoms with van der Waals surface area (Å²) in [6, 6.07) is 7.84. The van der Waals surface area contributed by atoms with Crippen LogP contribution in [0.3, 0.4) is 0 Å². The Morgan fingerprint density at radius 3 is 2.79 bits per heavy atom. The maximum atomic E-state index is 8.85. The van der Waals surface area contributed by atoms with Crippen LogP contribution in [0.25, 0.3) is 0 Å². The molecule has 78 valence electrons. The summed E-state index contributed by atoms with van der Waals surface area (Å²) in [6.45, 7) is 0.881. The quantitative estimate of drug-likeness (QED) is 0.627. The summed E-state index contributed by atoms with van der Waals surface area (Å²) < 4.78 is 5.59. The highest BCUT2D eigenvalue weighted by Gasteiger charge is 2.01. The van der Waals surface area contributed by atoms with Crippen molar-refractivity contribution in [3.8, 4) is 5.75 Å². The van der Waals surface area contributed by atoms with Crippen molar-refractivity contribution in [1.29, 1.82) is 0 Å². The lowest BCUT2D eigenvalue weighted by Crippen LogP contribution is -2.01. The number of rotatable bonds is 6.